The molecule has 1 aromatic heterocycles. The average molecular weight is 303 g/mol. The van der Waals surface area contributed by atoms with E-state index in [0.717, 1.165) is 48.1 Å². The maximum absolute atomic E-state index is 6.28. The number of para-hydroxylation sites is 1. The van der Waals surface area contributed by atoms with Crippen LogP contribution in [0.5, 0.6) is 0 Å². The molecule has 0 unspecified atom stereocenters. The lowest BCUT2D eigenvalue weighted by molar-refractivity contribution is 0.650. The lowest BCUT2D eigenvalue weighted by atomic mass is 10.1. The molecule has 2 N–H and O–H groups in total. The van der Waals surface area contributed by atoms with E-state index in [2.05, 4.69) is 20.9 Å². The van der Waals surface area contributed by atoms with Crippen molar-refractivity contribution in [3.63, 3.8) is 0 Å². The lowest BCUT2D eigenvalue weighted by Crippen LogP contribution is -2.47. The minimum Gasteiger partial charge on any atom is -0.367 e. The number of hydrogen-bond acceptors (Lipinski definition) is 4. The van der Waals surface area contributed by atoms with Gasteiger partial charge in [-0.3, -0.25) is 4.98 Å². The highest BCUT2D eigenvalue weighted by Crippen LogP contribution is 2.27. The van der Waals surface area contributed by atoms with Gasteiger partial charge in [0.25, 0.3) is 0 Å². The first-order chi connectivity index (χ1) is 10.3. The highest BCUT2D eigenvalue weighted by molar-refractivity contribution is 6.33. The fraction of sp³-hybridized carbons (Fsp3) is 0.312. The maximum atomic E-state index is 6.28. The summed E-state index contributed by atoms with van der Waals surface area (Å²) in [6.45, 7) is 4.34. The molecule has 1 fully saturated rings. The summed E-state index contributed by atoms with van der Waals surface area (Å²) in [7, 11) is 0. The van der Waals surface area contributed by atoms with Gasteiger partial charge in [-0.25, -0.2) is 0 Å². The van der Waals surface area contributed by atoms with E-state index >= 15 is 0 Å². The van der Waals surface area contributed by atoms with Gasteiger partial charge in [-0.2, -0.15) is 0 Å². The minimum absolute atomic E-state index is 0.544. The van der Waals surface area contributed by atoms with Crippen LogP contribution >= 0.6 is 11.6 Å². The van der Waals surface area contributed by atoms with Crippen LogP contribution in [0.25, 0.3) is 0 Å². The van der Waals surface area contributed by atoms with Gasteiger partial charge in [-0.15, -0.1) is 0 Å². The Morgan fingerprint density at radius 1 is 1.00 bits per heavy atom. The fourth-order valence-corrected chi connectivity index (χ4v) is 3.02. The Hall–Kier alpha value is -1.78. The van der Waals surface area contributed by atoms with Crippen LogP contribution in [0.2, 0.25) is 5.02 Å². The quantitative estimate of drug-likeness (QED) is 0.946. The smallest absolute Gasteiger partial charge is 0.0639 e. The second-order valence-electron chi connectivity index (χ2n) is 5.13. The molecule has 0 aliphatic carbocycles. The molecule has 21 heavy (non-hydrogen) atoms. The van der Waals surface area contributed by atoms with E-state index in [1.807, 2.05) is 30.5 Å². The number of nitrogens with zero attached hydrogens (tertiary/aromatic N) is 3. The Labute approximate surface area is 130 Å². The number of hydrogen-bond donors (Lipinski definition) is 1. The van der Waals surface area contributed by atoms with E-state index in [1.165, 1.54) is 0 Å². The maximum Gasteiger partial charge on any atom is 0.0639 e. The molecular formula is C16H19ClN4. The van der Waals surface area contributed by atoms with E-state index < -0.39 is 0 Å². The van der Waals surface area contributed by atoms with Gasteiger partial charge in [0.1, 0.15) is 0 Å². The molecule has 2 heterocycles. The lowest BCUT2D eigenvalue weighted by Gasteiger charge is -2.38. The first-order valence-electron chi connectivity index (χ1n) is 7.17. The standard InChI is InChI=1S/C16H19ClN4/c17-14-3-1-2-4-15(14)20-7-9-21(10-8-20)16-12-19-6-5-13(16)11-18/h1-6,12H,7-11,18H2. The minimum atomic E-state index is 0.544. The zero-order chi connectivity index (χ0) is 14.7. The number of pyridine rings is 1. The Balaban J connectivity index is 1.72. The molecule has 110 valence electrons. The molecular weight excluding hydrogens is 284 g/mol. The Kier molecular flexibility index (Phi) is 4.27. The van der Waals surface area contributed by atoms with E-state index in [1.54, 1.807) is 6.20 Å². The molecule has 0 radical (unpaired) electrons. The zero-order valence-corrected chi connectivity index (χ0v) is 12.6. The first-order valence-corrected chi connectivity index (χ1v) is 7.55. The Morgan fingerprint density at radius 3 is 2.33 bits per heavy atom. The van der Waals surface area contributed by atoms with Gasteiger partial charge in [0.15, 0.2) is 0 Å². The second-order valence-corrected chi connectivity index (χ2v) is 5.54. The van der Waals surface area contributed by atoms with E-state index in [4.69, 9.17) is 17.3 Å². The molecule has 0 saturated carbocycles. The van der Waals surface area contributed by atoms with Crippen LogP contribution in [0.15, 0.2) is 42.7 Å². The third-order valence-electron chi connectivity index (χ3n) is 3.92. The second kappa shape index (κ2) is 6.33. The van der Waals surface area contributed by atoms with E-state index in [0.29, 0.717) is 6.54 Å². The van der Waals surface area contributed by atoms with Crippen molar-refractivity contribution in [2.24, 2.45) is 5.73 Å². The van der Waals surface area contributed by atoms with Gasteiger partial charge < -0.3 is 15.5 Å². The number of nitrogens with two attached hydrogens (primary N) is 1. The van der Waals surface area contributed by atoms with Gasteiger partial charge in [0.2, 0.25) is 0 Å². The van der Waals surface area contributed by atoms with Crippen LogP contribution in [0, 0.1) is 0 Å². The summed E-state index contributed by atoms with van der Waals surface area (Å²) in [6, 6.07) is 10.0. The number of piperazine rings is 1. The predicted molar refractivity (Wildman–Crippen MR) is 88.0 cm³/mol. The number of benzene rings is 1. The molecule has 1 aliphatic rings. The van der Waals surface area contributed by atoms with Crippen LogP contribution in [0.3, 0.4) is 0 Å². The van der Waals surface area contributed by atoms with Crippen molar-refractivity contribution < 1.29 is 0 Å². The molecule has 4 nitrogen and oxygen atoms in total. The molecule has 0 spiro atoms. The molecule has 1 aliphatic heterocycles. The van der Waals surface area contributed by atoms with Crippen LogP contribution in [-0.2, 0) is 6.54 Å². The summed E-state index contributed by atoms with van der Waals surface area (Å²) in [5.74, 6) is 0. The summed E-state index contributed by atoms with van der Waals surface area (Å²) in [6.07, 6.45) is 3.71. The van der Waals surface area contributed by atoms with Gasteiger partial charge in [-0.1, -0.05) is 23.7 Å². The predicted octanol–water partition coefficient (Wildman–Crippen LogP) is 2.52. The summed E-state index contributed by atoms with van der Waals surface area (Å²) >= 11 is 6.28. The van der Waals surface area contributed by atoms with Crippen LogP contribution < -0.4 is 15.5 Å². The average Bonchev–Trinajstić information content (AvgIpc) is 2.55. The Morgan fingerprint density at radius 2 is 1.67 bits per heavy atom. The topological polar surface area (TPSA) is 45.4 Å². The van der Waals surface area contributed by atoms with Crippen molar-refractivity contribution in [3.8, 4) is 0 Å². The monoisotopic (exact) mass is 302 g/mol. The number of halogens is 1. The highest BCUT2D eigenvalue weighted by atomic mass is 35.5. The van der Waals surface area contributed by atoms with E-state index in [9.17, 15) is 0 Å². The van der Waals surface area contributed by atoms with Crippen LogP contribution in [0.4, 0.5) is 11.4 Å². The van der Waals surface area contributed by atoms with Crippen LogP contribution in [0.1, 0.15) is 5.56 Å². The van der Waals surface area contributed by atoms with Crippen molar-refractivity contribution in [3.05, 3.63) is 53.3 Å². The van der Waals surface area contributed by atoms with Crippen molar-refractivity contribution in [2.75, 3.05) is 36.0 Å². The largest absolute Gasteiger partial charge is 0.367 e. The van der Waals surface area contributed by atoms with Crippen LogP contribution in [-0.4, -0.2) is 31.2 Å². The molecule has 3 rings (SSSR count). The highest BCUT2D eigenvalue weighted by Gasteiger charge is 2.20. The van der Waals surface area contributed by atoms with Gasteiger partial charge in [0, 0.05) is 38.9 Å². The third kappa shape index (κ3) is 2.96. The Bertz CT molecular complexity index is 609. The zero-order valence-electron chi connectivity index (χ0n) is 11.9. The van der Waals surface area contributed by atoms with Crippen molar-refractivity contribution in [2.45, 2.75) is 6.54 Å². The third-order valence-corrected chi connectivity index (χ3v) is 4.24. The molecule has 2 aromatic rings. The van der Waals surface area contributed by atoms with Gasteiger partial charge >= 0.3 is 0 Å². The number of rotatable bonds is 3. The molecule has 0 bridgehead atoms. The number of anilines is 2. The van der Waals surface area contributed by atoms with Crippen molar-refractivity contribution in [1.29, 1.82) is 0 Å². The number of aromatic nitrogens is 1. The summed E-state index contributed by atoms with van der Waals surface area (Å²) in [5.41, 5.74) is 9.23. The molecule has 1 aromatic carbocycles. The van der Waals surface area contributed by atoms with Crippen molar-refractivity contribution in [1.82, 2.24) is 4.98 Å². The first kappa shape index (κ1) is 14.2. The summed E-state index contributed by atoms with van der Waals surface area (Å²) in [5, 5.41) is 0.815. The summed E-state index contributed by atoms with van der Waals surface area (Å²) < 4.78 is 0. The SMILES string of the molecule is NCc1ccncc1N1CCN(c2ccccc2Cl)CC1. The molecule has 5 heteroatoms. The molecule has 0 atom stereocenters. The summed E-state index contributed by atoms with van der Waals surface area (Å²) in [4.78, 5) is 8.91. The molecule has 0 amide bonds. The fourth-order valence-electron chi connectivity index (χ4n) is 2.77. The van der Waals surface area contributed by atoms with Crippen molar-refractivity contribution >= 4 is 23.0 Å². The molecule has 1 saturated heterocycles. The van der Waals surface area contributed by atoms with E-state index in [-0.39, 0.29) is 0 Å². The normalized spacial score (nSPS) is 15.3. The van der Waals surface area contributed by atoms with Gasteiger partial charge in [-0.05, 0) is 23.8 Å². The van der Waals surface area contributed by atoms with Gasteiger partial charge in [0.05, 0.1) is 22.6 Å².